The molecule has 3 fully saturated rings. The molecule has 3 heterocycles. The quantitative estimate of drug-likeness (QED) is 0.743. The lowest BCUT2D eigenvalue weighted by molar-refractivity contribution is -0.134. The molecule has 1 N–H and O–H groups in total. The van der Waals surface area contributed by atoms with E-state index in [1.54, 1.807) is 0 Å². The Bertz CT molecular complexity index is 412. The number of amides is 2. The number of nitrogens with one attached hydrogen (secondary N) is 1. The Kier molecular flexibility index (Phi) is 6.45. The number of hydrogen-bond acceptors (Lipinski definition) is 3. The summed E-state index contributed by atoms with van der Waals surface area (Å²) in [4.78, 5) is 28.9. The van der Waals surface area contributed by atoms with E-state index in [4.69, 9.17) is 0 Å². The summed E-state index contributed by atoms with van der Waals surface area (Å²) in [5.74, 6) is 0.731. The lowest BCUT2D eigenvalue weighted by atomic mass is 9.74. The van der Waals surface area contributed by atoms with Gasteiger partial charge in [-0.15, -0.1) is 0 Å². The molecule has 0 aromatic rings. The Morgan fingerprint density at radius 2 is 1.74 bits per heavy atom. The van der Waals surface area contributed by atoms with Crippen LogP contribution in [0.25, 0.3) is 0 Å². The van der Waals surface area contributed by atoms with Crippen LogP contribution in [0, 0.1) is 5.92 Å². The van der Waals surface area contributed by atoms with Crippen LogP contribution in [0.15, 0.2) is 0 Å². The number of hydrogen-bond donors (Lipinski definition) is 1. The summed E-state index contributed by atoms with van der Waals surface area (Å²) < 4.78 is 0. The molecule has 0 aliphatic carbocycles. The van der Waals surface area contributed by atoms with Crippen LogP contribution in [-0.2, 0) is 9.59 Å². The normalized spacial score (nSPS) is 29.3. The number of fused-ring (bicyclic) bond motifs is 3. The second-order valence-electron chi connectivity index (χ2n) is 7.40. The van der Waals surface area contributed by atoms with Gasteiger partial charge in [-0.2, -0.15) is 0 Å². The topological polar surface area (TPSA) is 52.7 Å². The van der Waals surface area contributed by atoms with Crippen LogP contribution in [0.5, 0.6) is 0 Å². The summed E-state index contributed by atoms with van der Waals surface area (Å²) in [5, 5.41) is 3.23. The number of piperidine rings is 3. The Morgan fingerprint density at radius 1 is 1.13 bits per heavy atom. The highest BCUT2D eigenvalue weighted by molar-refractivity contribution is 5.84. The molecule has 132 valence electrons. The second-order valence-corrected chi connectivity index (χ2v) is 7.40. The van der Waals surface area contributed by atoms with Gasteiger partial charge in [-0.1, -0.05) is 13.8 Å². The summed E-state index contributed by atoms with van der Waals surface area (Å²) in [6, 6.07) is 0. The van der Waals surface area contributed by atoms with E-state index in [1.165, 1.54) is 12.8 Å². The molecule has 0 spiro atoms. The Balaban J connectivity index is 1.79. The first-order valence-corrected chi connectivity index (χ1v) is 9.29. The van der Waals surface area contributed by atoms with Crippen LogP contribution < -0.4 is 5.32 Å². The van der Waals surface area contributed by atoms with Gasteiger partial charge in [0.25, 0.3) is 0 Å². The zero-order valence-corrected chi connectivity index (χ0v) is 15.1. The third kappa shape index (κ3) is 4.69. The van der Waals surface area contributed by atoms with Gasteiger partial charge in [-0.3, -0.25) is 9.59 Å². The number of carbonyl (C=O) groups is 2. The first kappa shape index (κ1) is 18.2. The number of carbonyl (C=O) groups excluding carboxylic acids is 2. The third-order valence-corrected chi connectivity index (χ3v) is 5.37. The highest BCUT2D eigenvalue weighted by atomic mass is 16.2. The van der Waals surface area contributed by atoms with Crippen molar-refractivity contribution >= 4 is 11.8 Å². The smallest absolute Gasteiger partial charge is 0.223 e. The van der Waals surface area contributed by atoms with Crippen molar-refractivity contribution in [2.24, 2.45) is 5.92 Å². The summed E-state index contributed by atoms with van der Waals surface area (Å²) in [5.41, 5.74) is -0.108. The van der Waals surface area contributed by atoms with E-state index < -0.39 is 0 Å². The van der Waals surface area contributed by atoms with Gasteiger partial charge in [0.1, 0.15) is 0 Å². The van der Waals surface area contributed by atoms with Gasteiger partial charge in [-0.25, -0.2) is 0 Å². The zero-order chi connectivity index (χ0) is 16.9. The largest absolute Gasteiger partial charge is 0.349 e. The predicted molar refractivity (Wildman–Crippen MR) is 92.1 cm³/mol. The van der Waals surface area contributed by atoms with Gasteiger partial charge in [0.2, 0.25) is 11.8 Å². The average Bonchev–Trinajstić information content (AvgIpc) is 2.53. The van der Waals surface area contributed by atoms with Crippen LogP contribution in [0.4, 0.5) is 0 Å². The molecule has 3 rings (SSSR count). The van der Waals surface area contributed by atoms with Crippen LogP contribution in [-0.4, -0.2) is 59.9 Å². The molecule has 0 saturated carbocycles. The van der Waals surface area contributed by atoms with Crippen molar-refractivity contribution in [2.75, 3.05) is 32.7 Å². The maximum absolute atomic E-state index is 12.3. The fourth-order valence-corrected chi connectivity index (χ4v) is 4.12. The molecule has 3 aliphatic heterocycles. The monoisotopic (exact) mass is 323 g/mol. The maximum atomic E-state index is 12.3. The van der Waals surface area contributed by atoms with Crippen LogP contribution in [0.1, 0.15) is 59.3 Å². The fraction of sp³-hybridized carbons (Fsp3) is 0.889. The van der Waals surface area contributed by atoms with Crippen LogP contribution in [0.3, 0.4) is 0 Å². The van der Waals surface area contributed by atoms with Crippen molar-refractivity contribution in [3.63, 3.8) is 0 Å². The van der Waals surface area contributed by atoms with Crippen molar-refractivity contribution in [3.05, 3.63) is 0 Å². The standard InChI is InChI=1S/C18H33N3O2/c1-4-10-21(11-5-2)17(23)7-6-16(22)19-18(3)14-20-12-8-15(18)9-13-20/h15H,4-14H2,1-3H3,(H,19,22). The first-order chi connectivity index (χ1) is 11.0. The van der Waals surface area contributed by atoms with Gasteiger partial charge < -0.3 is 15.1 Å². The van der Waals surface area contributed by atoms with Crippen molar-refractivity contribution in [3.8, 4) is 0 Å². The second kappa shape index (κ2) is 8.13. The molecule has 5 heteroatoms. The Labute approximate surface area is 140 Å². The molecule has 1 atom stereocenters. The summed E-state index contributed by atoms with van der Waals surface area (Å²) >= 11 is 0. The van der Waals surface area contributed by atoms with E-state index in [2.05, 4.69) is 31.0 Å². The van der Waals surface area contributed by atoms with E-state index in [9.17, 15) is 9.59 Å². The minimum atomic E-state index is -0.108. The molecule has 0 radical (unpaired) electrons. The van der Waals surface area contributed by atoms with Crippen molar-refractivity contribution in [2.45, 2.75) is 64.8 Å². The van der Waals surface area contributed by atoms with E-state index >= 15 is 0 Å². The molecular weight excluding hydrogens is 290 g/mol. The Hall–Kier alpha value is -1.10. The van der Waals surface area contributed by atoms with Crippen molar-refractivity contribution in [1.29, 1.82) is 0 Å². The molecule has 23 heavy (non-hydrogen) atoms. The van der Waals surface area contributed by atoms with Gasteiger partial charge in [-0.05, 0) is 51.6 Å². The molecule has 0 aromatic heterocycles. The lowest BCUT2D eigenvalue weighted by Gasteiger charge is -2.52. The third-order valence-electron chi connectivity index (χ3n) is 5.37. The molecule has 0 aromatic carbocycles. The van der Waals surface area contributed by atoms with Crippen molar-refractivity contribution < 1.29 is 9.59 Å². The summed E-state index contributed by atoms with van der Waals surface area (Å²) in [6.45, 7) is 11.2. The minimum absolute atomic E-state index is 0.0301. The molecular formula is C18H33N3O2. The molecule has 3 aliphatic rings. The van der Waals surface area contributed by atoms with E-state index in [0.717, 1.165) is 45.6 Å². The maximum Gasteiger partial charge on any atom is 0.223 e. The van der Waals surface area contributed by atoms with Crippen LogP contribution >= 0.6 is 0 Å². The molecule has 5 nitrogen and oxygen atoms in total. The van der Waals surface area contributed by atoms with E-state index in [1.807, 2.05) is 4.90 Å². The molecule has 2 bridgehead atoms. The molecule has 2 amide bonds. The van der Waals surface area contributed by atoms with E-state index in [0.29, 0.717) is 18.8 Å². The minimum Gasteiger partial charge on any atom is -0.349 e. The fourth-order valence-electron chi connectivity index (χ4n) is 4.12. The Morgan fingerprint density at radius 3 is 2.22 bits per heavy atom. The van der Waals surface area contributed by atoms with Gasteiger partial charge >= 0.3 is 0 Å². The first-order valence-electron chi connectivity index (χ1n) is 9.29. The SMILES string of the molecule is CCCN(CCC)C(=O)CCC(=O)NC1(C)CN2CCC1CC2. The van der Waals surface area contributed by atoms with Gasteiger partial charge in [0, 0.05) is 32.5 Å². The van der Waals surface area contributed by atoms with E-state index in [-0.39, 0.29) is 17.4 Å². The zero-order valence-electron chi connectivity index (χ0n) is 15.1. The lowest BCUT2D eigenvalue weighted by Crippen LogP contribution is -2.65. The number of nitrogens with zero attached hydrogens (tertiary/aromatic N) is 2. The predicted octanol–water partition coefficient (Wildman–Crippen LogP) is 2.02. The summed E-state index contributed by atoms with van der Waals surface area (Å²) in [6.07, 6.45) is 4.93. The van der Waals surface area contributed by atoms with Gasteiger partial charge in [0.15, 0.2) is 0 Å². The van der Waals surface area contributed by atoms with Crippen LogP contribution in [0.2, 0.25) is 0 Å². The molecule has 3 saturated heterocycles. The van der Waals surface area contributed by atoms with Gasteiger partial charge in [0.05, 0.1) is 5.54 Å². The molecule has 1 unspecified atom stereocenters. The highest BCUT2D eigenvalue weighted by Crippen LogP contribution is 2.35. The highest BCUT2D eigenvalue weighted by Gasteiger charge is 2.44. The number of rotatable bonds is 8. The summed E-state index contributed by atoms with van der Waals surface area (Å²) in [7, 11) is 0. The van der Waals surface area contributed by atoms with Crippen molar-refractivity contribution in [1.82, 2.24) is 15.1 Å². The average molecular weight is 323 g/mol.